The van der Waals surface area contributed by atoms with Gasteiger partial charge in [-0.25, -0.2) is 0 Å². The normalized spacial score (nSPS) is 16.2. The number of amides is 1. The van der Waals surface area contributed by atoms with Gasteiger partial charge in [0.15, 0.2) is 0 Å². The van der Waals surface area contributed by atoms with Crippen molar-refractivity contribution in [2.24, 2.45) is 0 Å². The molecule has 0 radical (unpaired) electrons. The topological polar surface area (TPSA) is 32.3 Å². The van der Waals surface area contributed by atoms with Crippen LogP contribution in [0.1, 0.15) is 35.4 Å². The first kappa shape index (κ1) is 12.6. The molecule has 0 saturated carbocycles. The van der Waals surface area contributed by atoms with Crippen LogP contribution in [0.3, 0.4) is 0 Å². The monoisotopic (exact) mass is 252 g/mol. The van der Waals surface area contributed by atoms with Crippen LogP contribution in [0.4, 0.5) is 0 Å². The van der Waals surface area contributed by atoms with Crippen molar-refractivity contribution in [3.8, 4) is 0 Å². The zero-order valence-electron chi connectivity index (χ0n) is 10.2. The molecule has 2 rings (SSSR count). The van der Waals surface area contributed by atoms with Crippen LogP contribution < -0.4 is 5.32 Å². The summed E-state index contributed by atoms with van der Waals surface area (Å²) in [5.74, 6) is 0.0705. The Balaban J connectivity index is 1.52. The van der Waals surface area contributed by atoms with E-state index < -0.39 is 0 Å². The summed E-state index contributed by atoms with van der Waals surface area (Å²) < 4.78 is 0. The number of hydrogen-bond donors (Lipinski definition) is 1. The molecule has 0 bridgehead atoms. The molecule has 1 aromatic heterocycles. The number of rotatable bonds is 6. The molecule has 0 atom stereocenters. The number of carbonyl (C=O) groups is 1. The van der Waals surface area contributed by atoms with Crippen LogP contribution in [0, 0.1) is 0 Å². The SMILES string of the molecule is O=C(NCCCCN1CCCC1)c1cccs1. The summed E-state index contributed by atoms with van der Waals surface area (Å²) in [6.07, 6.45) is 4.97. The van der Waals surface area contributed by atoms with Gasteiger partial charge in [-0.05, 0) is 56.8 Å². The highest BCUT2D eigenvalue weighted by atomic mass is 32.1. The quantitative estimate of drug-likeness (QED) is 0.788. The highest BCUT2D eigenvalue weighted by molar-refractivity contribution is 7.12. The van der Waals surface area contributed by atoms with E-state index in [1.807, 2.05) is 17.5 Å². The van der Waals surface area contributed by atoms with E-state index in [0.717, 1.165) is 17.8 Å². The van der Waals surface area contributed by atoms with Crippen molar-refractivity contribution < 1.29 is 4.79 Å². The molecule has 1 fully saturated rings. The molecule has 4 heteroatoms. The zero-order valence-corrected chi connectivity index (χ0v) is 11.0. The molecular weight excluding hydrogens is 232 g/mol. The van der Waals surface area contributed by atoms with Crippen molar-refractivity contribution in [2.75, 3.05) is 26.2 Å². The molecule has 0 unspecified atom stereocenters. The van der Waals surface area contributed by atoms with E-state index in [9.17, 15) is 4.79 Å². The molecular formula is C13H20N2OS. The Labute approximate surface area is 107 Å². The van der Waals surface area contributed by atoms with Crippen molar-refractivity contribution >= 4 is 17.2 Å². The molecule has 1 saturated heterocycles. The highest BCUT2D eigenvalue weighted by Gasteiger charge is 2.10. The highest BCUT2D eigenvalue weighted by Crippen LogP contribution is 2.09. The smallest absolute Gasteiger partial charge is 0.261 e. The lowest BCUT2D eigenvalue weighted by Gasteiger charge is -2.13. The Morgan fingerprint density at radius 2 is 2.18 bits per heavy atom. The summed E-state index contributed by atoms with van der Waals surface area (Å²) in [7, 11) is 0. The Morgan fingerprint density at radius 3 is 2.88 bits per heavy atom. The number of nitrogens with one attached hydrogen (secondary N) is 1. The van der Waals surface area contributed by atoms with Gasteiger partial charge in [0.05, 0.1) is 4.88 Å². The van der Waals surface area contributed by atoms with Crippen molar-refractivity contribution in [3.63, 3.8) is 0 Å². The lowest BCUT2D eigenvalue weighted by molar-refractivity contribution is 0.0956. The van der Waals surface area contributed by atoms with Gasteiger partial charge in [0, 0.05) is 6.54 Å². The summed E-state index contributed by atoms with van der Waals surface area (Å²) in [6, 6.07) is 3.77. The lowest BCUT2D eigenvalue weighted by Crippen LogP contribution is -2.25. The van der Waals surface area contributed by atoms with Crippen LogP contribution in [-0.2, 0) is 0 Å². The second-order valence-corrected chi connectivity index (χ2v) is 5.44. The molecule has 94 valence electrons. The molecule has 3 nitrogen and oxygen atoms in total. The lowest BCUT2D eigenvalue weighted by atomic mass is 10.3. The second kappa shape index (κ2) is 6.77. The average molecular weight is 252 g/mol. The predicted octanol–water partition coefficient (Wildman–Crippen LogP) is 2.35. The maximum absolute atomic E-state index is 11.6. The third-order valence-electron chi connectivity index (χ3n) is 3.13. The van der Waals surface area contributed by atoms with E-state index in [1.165, 1.54) is 50.2 Å². The fourth-order valence-corrected chi connectivity index (χ4v) is 2.80. The van der Waals surface area contributed by atoms with Gasteiger partial charge in [0.2, 0.25) is 0 Å². The van der Waals surface area contributed by atoms with E-state index >= 15 is 0 Å². The minimum atomic E-state index is 0.0705. The summed E-state index contributed by atoms with van der Waals surface area (Å²) in [5.41, 5.74) is 0. The molecule has 1 aliphatic heterocycles. The Bertz CT molecular complexity index is 331. The van der Waals surface area contributed by atoms with Crippen molar-refractivity contribution in [1.29, 1.82) is 0 Å². The number of nitrogens with zero attached hydrogens (tertiary/aromatic N) is 1. The predicted molar refractivity (Wildman–Crippen MR) is 71.6 cm³/mol. The van der Waals surface area contributed by atoms with Gasteiger partial charge < -0.3 is 10.2 Å². The fourth-order valence-electron chi connectivity index (χ4n) is 2.16. The minimum absolute atomic E-state index is 0.0705. The first-order valence-electron chi connectivity index (χ1n) is 6.40. The van der Waals surface area contributed by atoms with E-state index in [-0.39, 0.29) is 5.91 Å². The first-order chi connectivity index (χ1) is 8.36. The van der Waals surface area contributed by atoms with Gasteiger partial charge in [0.25, 0.3) is 5.91 Å². The summed E-state index contributed by atoms with van der Waals surface area (Å²) in [4.78, 5) is 14.9. The third-order valence-corrected chi connectivity index (χ3v) is 4.00. The number of hydrogen-bond acceptors (Lipinski definition) is 3. The van der Waals surface area contributed by atoms with Gasteiger partial charge in [0.1, 0.15) is 0 Å². The molecule has 17 heavy (non-hydrogen) atoms. The van der Waals surface area contributed by atoms with Crippen molar-refractivity contribution in [1.82, 2.24) is 10.2 Å². The second-order valence-electron chi connectivity index (χ2n) is 4.49. The summed E-state index contributed by atoms with van der Waals surface area (Å²) in [6.45, 7) is 4.52. The molecule has 0 aliphatic carbocycles. The molecule has 1 aromatic rings. The Hall–Kier alpha value is -0.870. The summed E-state index contributed by atoms with van der Waals surface area (Å²) >= 11 is 1.49. The van der Waals surface area contributed by atoms with Crippen LogP contribution >= 0.6 is 11.3 Å². The third kappa shape index (κ3) is 4.13. The van der Waals surface area contributed by atoms with Gasteiger partial charge in [-0.3, -0.25) is 4.79 Å². The number of likely N-dealkylation sites (tertiary alicyclic amines) is 1. The molecule has 1 N–H and O–H groups in total. The van der Waals surface area contributed by atoms with Crippen LogP contribution in [0.5, 0.6) is 0 Å². The van der Waals surface area contributed by atoms with E-state index in [4.69, 9.17) is 0 Å². The number of carbonyl (C=O) groups excluding carboxylic acids is 1. The van der Waals surface area contributed by atoms with Crippen LogP contribution in [0.25, 0.3) is 0 Å². The Kier molecular flexibility index (Phi) is 5.01. The molecule has 0 aromatic carbocycles. The van der Waals surface area contributed by atoms with Crippen molar-refractivity contribution in [3.05, 3.63) is 22.4 Å². The van der Waals surface area contributed by atoms with Crippen molar-refractivity contribution in [2.45, 2.75) is 25.7 Å². The largest absolute Gasteiger partial charge is 0.351 e. The van der Waals surface area contributed by atoms with Crippen LogP contribution in [0.2, 0.25) is 0 Å². The van der Waals surface area contributed by atoms with Crippen LogP contribution in [0.15, 0.2) is 17.5 Å². The first-order valence-corrected chi connectivity index (χ1v) is 7.28. The maximum Gasteiger partial charge on any atom is 0.261 e. The molecule has 1 aliphatic rings. The van der Waals surface area contributed by atoms with E-state index in [1.54, 1.807) is 0 Å². The maximum atomic E-state index is 11.6. The van der Waals surface area contributed by atoms with Gasteiger partial charge >= 0.3 is 0 Å². The summed E-state index contributed by atoms with van der Waals surface area (Å²) in [5, 5.41) is 4.90. The standard InChI is InChI=1S/C13H20N2OS/c16-13(12-6-5-11-17-12)14-7-1-2-8-15-9-3-4-10-15/h5-6,11H,1-4,7-10H2,(H,14,16). The molecule has 1 amide bonds. The van der Waals surface area contributed by atoms with Gasteiger partial charge in [-0.2, -0.15) is 0 Å². The van der Waals surface area contributed by atoms with Crippen LogP contribution in [-0.4, -0.2) is 37.0 Å². The zero-order chi connectivity index (χ0) is 11.9. The van der Waals surface area contributed by atoms with Gasteiger partial charge in [-0.1, -0.05) is 6.07 Å². The molecule has 0 spiro atoms. The fraction of sp³-hybridized carbons (Fsp3) is 0.615. The van der Waals surface area contributed by atoms with E-state index in [2.05, 4.69) is 10.2 Å². The Morgan fingerprint density at radius 1 is 1.35 bits per heavy atom. The average Bonchev–Trinajstić information content (AvgIpc) is 3.01. The van der Waals surface area contributed by atoms with E-state index in [0.29, 0.717) is 0 Å². The van der Waals surface area contributed by atoms with Gasteiger partial charge in [-0.15, -0.1) is 11.3 Å². The minimum Gasteiger partial charge on any atom is -0.351 e. The number of unbranched alkanes of at least 4 members (excludes halogenated alkanes) is 1. The molecule has 2 heterocycles. The number of thiophene rings is 1.